The molecule has 0 unspecified atom stereocenters. The second-order valence-electron chi connectivity index (χ2n) is 8.88. The van der Waals surface area contributed by atoms with Gasteiger partial charge in [-0.05, 0) is 49.2 Å². The maximum Gasteiger partial charge on any atom is 0.227 e. The zero-order valence-electron chi connectivity index (χ0n) is 21.2. The number of nitrogens with one attached hydrogen (secondary N) is 1. The van der Waals surface area contributed by atoms with Crippen molar-refractivity contribution in [3.63, 3.8) is 0 Å². The van der Waals surface area contributed by atoms with Crippen LogP contribution in [-0.2, 0) is 22.0 Å². The van der Waals surface area contributed by atoms with Gasteiger partial charge >= 0.3 is 0 Å². The molecule has 6 nitrogen and oxygen atoms in total. The Morgan fingerprint density at radius 1 is 0.875 bits per heavy atom. The summed E-state index contributed by atoms with van der Waals surface area (Å²) in [6.45, 7) is 2.00. The molecule has 2 heterocycles. The fourth-order valence-electron chi connectivity index (χ4n) is 4.17. The average molecular weight is 581 g/mol. The van der Waals surface area contributed by atoms with Crippen LogP contribution < -0.4 is 5.32 Å². The van der Waals surface area contributed by atoms with Gasteiger partial charge in [-0.25, -0.2) is 36.5 Å². The third kappa shape index (κ3) is 5.75. The molecule has 5 aromatic rings. The Kier molecular flexibility index (Phi) is 7.95. The second kappa shape index (κ2) is 11.6. The van der Waals surface area contributed by atoms with Gasteiger partial charge in [-0.1, -0.05) is 43.3 Å². The molecule has 2 aromatic heterocycles. The van der Waals surface area contributed by atoms with Crippen LogP contribution in [0.5, 0.6) is 0 Å². The normalized spacial score (nSPS) is 11.5. The van der Waals surface area contributed by atoms with E-state index in [0.717, 1.165) is 35.3 Å². The average Bonchev–Trinajstić information content (AvgIpc) is 3.34. The van der Waals surface area contributed by atoms with Gasteiger partial charge in [-0.15, -0.1) is 11.3 Å². The first kappa shape index (κ1) is 27.5. The molecule has 0 saturated carbocycles. The zero-order valence-corrected chi connectivity index (χ0v) is 22.9. The molecule has 0 aliphatic carbocycles. The molecule has 204 valence electrons. The Morgan fingerprint density at radius 2 is 1.60 bits per heavy atom. The van der Waals surface area contributed by atoms with Gasteiger partial charge in [-0.2, -0.15) is 0 Å². The van der Waals surface area contributed by atoms with Crippen molar-refractivity contribution in [2.45, 2.75) is 30.4 Å². The van der Waals surface area contributed by atoms with Gasteiger partial charge in [0.15, 0.2) is 9.84 Å². The molecule has 5 rings (SSSR count). The lowest BCUT2D eigenvalue weighted by Gasteiger charge is -2.11. The van der Waals surface area contributed by atoms with Gasteiger partial charge in [0.1, 0.15) is 22.3 Å². The molecule has 3 aromatic carbocycles. The molecular formula is C29H23F3N4O2S2. The zero-order chi connectivity index (χ0) is 28.3. The maximum absolute atomic E-state index is 15.9. The van der Waals surface area contributed by atoms with Gasteiger partial charge in [-0.3, -0.25) is 0 Å². The largest absolute Gasteiger partial charge is 0.324 e. The molecule has 1 N–H and O–H groups in total. The number of aromatic nitrogens is 3. The van der Waals surface area contributed by atoms with E-state index >= 15 is 4.39 Å². The van der Waals surface area contributed by atoms with Crippen molar-refractivity contribution >= 4 is 32.8 Å². The Hall–Kier alpha value is -4.09. The number of hydrogen-bond acceptors (Lipinski definition) is 7. The predicted octanol–water partition coefficient (Wildman–Crippen LogP) is 7.35. The van der Waals surface area contributed by atoms with Crippen molar-refractivity contribution in [3.8, 4) is 21.8 Å². The van der Waals surface area contributed by atoms with Gasteiger partial charge in [0.2, 0.25) is 5.95 Å². The highest BCUT2D eigenvalue weighted by molar-refractivity contribution is 7.90. The summed E-state index contributed by atoms with van der Waals surface area (Å²) in [5, 5.41) is 3.89. The smallest absolute Gasteiger partial charge is 0.227 e. The number of hydrogen-bond donors (Lipinski definition) is 1. The topological polar surface area (TPSA) is 84.8 Å². The Morgan fingerprint density at radius 3 is 2.33 bits per heavy atom. The molecule has 0 aliphatic rings. The molecule has 0 amide bonds. The summed E-state index contributed by atoms with van der Waals surface area (Å²) in [7, 11) is -4.53. The Balaban J connectivity index is 1.55. The van der Waals surface area contributed by atoms with Crippen LogP contribution in [0, 0.1) is 17.5 Å². The third-order valence-corrected chi connectivity index (χ3v) is 8.80. The van der Waals surface area contributed by atoms with Crippen molar-refractivity contribution in [2.24, 2.45) is 0 Å². The van der Waals surface area contributed by atoms with E-state index in [1.54, 1.807) is 12.3 Å². The van der Waals surface area contributed by atoms with Crippen molar-refractivity contribution in [1.29, 1.82) is 0 Å². The first-order valence-electron chi connectivity index (χ1n) is 12.4. The standard InChI is InChI=1S/C29H23F3N4O2S2/c1-2-8-24-36-26(27(39-24)23-15-16-33-29(35-23)34-19-10-4-3-5-11-19)20-12-6-9-18(25(20)32)17-40(37,38)28-21(30)13-7-14-22(28)31/h3-7,9-16H,2,8,17H2,1H3,(H,33,34,35). The number of nitrogens with zero attached hydrogens (tertiary/aromatic N) is 3. The first-order chi connectivity index (χ1) is 19.3. The number of aryl methyl sites for hydroxylation is 1. The lowest BCUT2D eigenvalue weighted by molar-refractivity contribution is 0.518. The molecule has 11 heteroatoms. The summed E-state index contributed by atoms with van der Waals surface area (Å²) in [4.78, 5) is 13.1. The monoisotopic (exact) mass is 580 g/mol. The second-order valence-corrected chi connectivity index (χ2v) is 11.9. The summed E-state index contributed by atoms with van der Waals surface area (Å²) in [5.74, 6) is -3.89. The molecule has 0 radical (unpaired) electrons. The highest BCUT2D eigenvalue weighted by Gasteiger charge is 2.27. The molecule has 0 atom stereocenters. The van der Waals surface area contributed by atoms with Crippen LogP contribution in [0.3, 0.4) is 0 Å². The molecule has 0 spiro atoms. The summed E-state index contributed by atoms with van der Waals surface area (Å²) in [6, 6.07) is 18.1. The van der Waals surface area contributed by atoms with E-state index in [-0.39, 0.29) is 11.1 Å². The van der Waals surface area contributed by atoms with Crippen LogP contribution in [0.4, 0.5) is 24.8 Å². The molecular weight excluding hydrogens is 557 g/mol. The van der Waals surface area contributed by atoms with Crippen LogP contribution in [0.1, 0.15) is 23.9 Å². The van der Waals surface area contributed by atoms with Crippen molar-refractivity contribution in [1.82, 2.24) is 15.0 Å². The van der Waals surface area contributed by atoms with E-state index in [0.29, 0.717) is 28.6 Å². The number of halogens is 3. The van der Waals surface area contributed by atoms with E-state index in [4.69, 9.17) is 0 Å². The lowest BCUT2D eigenvalue weighted by Crippen LogP contribution is -2.11. The van der Waals surface area contributed by atoms with Gasteiger partial charge in [0, 0.05) is 23.0 Å². The number of thiazole rings is 1. The number of anilines is 2. The van der Waals surface area contributed by atoms with Crippen LogP contribution in [0.25, 0.3) is 21.8 Å². The summed E-state index contributed by atoms with van der Waals surface area (Å²) in [5.41, 5.74) is 1.43. The highest BCUT2D eigenvalue weighted by Crippen LogP contribution is 2.39. The van der Waals surface area contributed by atoms with Crippen LogP contribution in [0.15, 0.2) is 83.9 Å². The molecule has 40 heavy (non-hydrogen) atoms. The Bertz CT molecular complexity index is 1760. The lowest BCUT2D eigenvalue weighted by atomic mass is 10.1. The molecule has 0 saturated heterocycles. The molecule has 0 fully saturated rings. The van der Waals surface area contributed by atoms with Crippen LogP contribution >= 0.6 is 11.3 Å². The Labute approximate surface area is 233 Å². The summed E-state index contributed by atoms with van der Waals surface area (Å²) in [6.07, 6.45) is 3.05. The van der Waals surface area contributed by atoms with Gasteiger partial charge in [0.05, 0.1) is 27.0 Å². The predicted molar refractivity (Wildman–Crippen MR) is 150 cm³/mol. The minimum absolute atomic E-state index is 0.0616. The number of sulfone groups is 1. The summed E-state index contributed by atoms with van der Waals surface area (Å²) >= 11 is 1.36. The van der Waals surface area contributed by atoms with E-state index < -0.39 is 37.9 Å². The van der Waals surface area contributed by atoms with Gasteiger partial charge < -0.3 is 5.32 Å². The van der Waals surface area contributed by atoms with E-state index in [1.165, 1.54) is 29.5 Å². The third-order valence-electron chi connectivity index (χ3n) is 5.96. The van der Waals surface area contributed by atoms with E-state index in [1.807, 2.05) is 37.3 Å². The SMILES string of the molecule is CCCc1nc(-c2cccc(CS(=O)(=O)c3c(F)cccc3F)c2F)c(-c2ccnc(Nc3ccccc3)n2)s1. The maximum atomic E-state index is 15.9. The van der Waals surface area contributed by atoms with Crippen LogP contribution in [-0.4, -0.2) is 23.4 Å². The number of rotatable bonds is 9. The minimum atomic E-state index is -4.53. The highest BCUT2D eigenvalue weighted by atomic mass is 32.2. The number of benzene rings is 3. The fraction of sp³-hybridized carbons (Fsp3) is 0.138. The summed E-state index contributed by atoms with van der Waals surface area (Å²) < 4.78 is 70.3. The van der Waals surface area contributed by atoms with Crippen molar-refractivity contribution in [3.05, 3.63) is 107 Å². The first-order valence-corrected chi connectivity index (χ1v) is 14.8. The van der Waals surface area contributed by atoms with E-state index in [2.05, 4.69) is 20.3 Å². The number of para-hydroxylation sites is 1. The molecule has 0 bridgehead atoms. The van der Waals surface area contributed by atoms with Crippen molar-refractivity contribution < 1.29 is 21.6 Å². The fourth-order valence-corrected chi connectivity index (χ4v) is 6.82. The van der Waals surface area contributed by atoms with E-state index in [9.17, 15) is 17.2 Å². The van der Waals surface area contributed by atoms with Gasteiger partial charge in [0.25, 0.3) is 0 Å². The quantitative estimate of drug-likeness (QED) is 0.196. The van der Waals surface area contributed by atoms with Crippen molar-refractivity contribution in [2.75, 3.05) is 5.32 Å². The van der Waals surface area contributed by atoms with Crippen LogP contribution in [0.2, 0.25) is 0 Å². The molecule has 0 aliphatic heterocycles. The minimum Gasteiger partial charge on any atom is -0.324 e.